The van der Waals surface area contributed by atoms with Gasteiger partial charge in [0, 0.05) is 18.6 Å². The van der Waals surface area contributed by atoms with E-state index in [0.717, 1.165) is 5.39 Å². The number of rotatable bonds is 1. The first kappa shape index (κ1) is 11.3. The van der Waals surface area contributed by atoms with E-state index in [0.29, 0.717) is 16.5 Å². The van der Waals surface area contributed by atoms with E-state index in [1.165, 1.54) is 0 Å². The van der Waals surface area contributed by atoms with Crippen LogP contribution in [0, 0.1) is 6.20 Å². The third-order valence-corrected chi connectivity index (χ3v) is 1.99. The van der Waals surface area contributed by atoms with Gasteiger partial charge in [-0.15, -0.1) is 6.07 Å². The summed E-state index contributed by atoms with van der Waals surface area (Å²) >= 11 is 5.90. The van der Waals surface area contributed by atoms with Crippen molar-refractivity contribution in [3.05, 3.63) is 29.4 Å². The van der Waals surface area contributed by atoms with Crippen molar-refractivity contribution in [2.45, 2.75) is 0 Å². The molecule has 0 N–H and O–H groups in total. The Morgan fingerprint density at radius 1 is 1.43 bits per heavy atom. The van der Waals surface area contributed by atoms with Crippen molar-refractivity contribution in [1.29, 1.82) is 0 Å². The summed E-state index contributed by atoms with van der Waals surface area (Å²) in [5.41, 5.74) is 0.548. The molecule has 0 aromatic carbocycles. The molecular formula is C9H6ClN2OV-. The zero-order chi connectivity index (χ0) is 9.26. The summed E-state index contributed by atoms with van der Waals surface area (Å²) in [5.74, 6) is 0.524. The van der Waals surface area contributed by atoms with Crippen molar-refractivity contribution in [3.8, 4) is 5.88 Å². The minimum Gasteiger partial charge on any atom is -0.482 e. The van der Waals surface area contributed by atoms with Crippen LogP contribution in [0.2, 0.25) is 5.02 Å². The van der Waals surface area contributed by atoms with Crippen LogP contribution in [0.3, 0.4) is 0 Å². The minimum absolute atomic E-state index is 0. The van der Waals surface area contributed by atoms with Crippen molar-refractivity contribution in [3.63, 3.8) is 0 Å². The van der Waals surface area contributed by atoms with Crippen LogP contribution in [-0.2, 0) is 18.6 Å². The number of fused-ring (bicyclic) bond motifs is 1. The molecule has 0 aliphatic rings. The van der Waals surface area contributed by atoms with Crippen molar-refractivity contribution < 1.29 is 23.3 Å². The van der Waals surface area contributed by atoms with Crippen LogP contribution in [-0.4, -0.2) is 17.1 Å². The number of nitrogens with zero attached hydrogens (tertiary/aromatic N) is 2. The molecule has 0 atom stereocenters. The summed E-state index contributed by atoms with van der Waals surface area (Å²) < 4.78 is 4.95. The van der Waals surface area contributed by atoms with Crippen LogP contribution >= 0.6 is 11.6 Å². The molecule has 0 fully saturated rings. The molecule has 3 nitrogen and oxygen atoms in total. The van der Waals surface area contributed by atoms with Gasteiger partial charge in [0.25, 0.3) is 0 Å². The Hall–Kier alpha value is -0.766. The zero-order valence-corrected chi connectivity index (χ0v) is 9.51. The molecule has 0 bridgehead atoms. The molecule has 2 aromatic rings. The first-order valence-electron chi connectivity index (χ1n) is 3.68. The summed E-state index contributed by atoms with van der Waals surface area (Å²) in [6.45, 7) is 0. The summed E-state index contributed by atoms with van der Waals surface area (Å²) in [4.78, 5) is 8.06. The fraction of sp³-hybridized carbons (Fsp3) is 0.111. The fourth-order valence-electron chi connectivity index (χ4n) is 1.04. The van der Waals surface area contributed by atoms with E-state index in [1.54, 1.807) is 19.2 Å². The van der Waals surface area contributed by atoms with Gasteiger partial charge in [-0.3, -0.25) is 4.98 Å². The van der Waals surface area contributed by atoms with E-state index in [9.17, 15) is 0 Å². The van der Waals surface area contributed by atoms with E-state index < -0.39 is 0 Å². The third kappa shape index (κ3) is 2.00. The molecule has 0 spiro atoms. The Bertz CT molecular complexity index is 450. The second kappa shape index (κ2) is 4.64. The number of halogens is 1. The van der Waals surface area contributed by atoms with Crippen LogP contribution in [0.1, 0.15) is 0 Å². The Morgan fingerprint density at radius 2 is 2.21 bits per heavy atom. The number of methoxy groups -OCH3 is 1. The number of aromatic nitrogens is 2. The van der Waals surface area contributed by atoms with Crippen LogP contribution in [0.25, 0.3) is 11.0 Å². The van der Waals surface area contributed by atoms with Crippen LogP contribution in [0.15, 0.2) is 18.2 Å². The number of hydrogen-bond donors (Lipinski definition) is 0. The van der Waals surface area contributed by atoms with E-state index in [2.05, 4.69) is 16.2 Å². The van der Waals surface area contributed by atoms with Gasteiger partial charge >= 0.3 is 0 Å². The maximum atomic E-state index is 5.90. The molecule has 0 unspecified atom stereocenters. The first-order chi connectivity index (χ1) is 6.31. The van der Waals surface area contributed by atoms with Crippen molar-refractivity contribution >= 4 is 22.6 Å². The minimum atomic E-state index is 0. The predicted molar refractivity (Wildman–Crippen MR) is 49.9 cm³/mol. The molecule has 0 saturated heterocycles. The molecule has 5 heteroatoms. The zero-order valence-electron chi connectivity index (χ0n) is 7.36. The second-order valence-corrected chi connectivity index (χ2v) is 2.87. The van der Waals surface area contributed by atoms with E-state index in [-0.39, 0.29) is 18.6 Å². The second-order valence-electron chi connectivity index (χ2n) is 2.46. The molecule has 0 aliphatic heterocycles. The Kier molecular flexibility index (Phi) is 3.75. The van der Waals surface area contributed by atoms with Crippen molar-refractivity contribution in [1.82, 2.24) is 9.97 Å². The number of hydrogen-bond acceptors (Lipinski definition) is 3. The molecule has 71 valence electrons. The molecule has 14 heavy (non-hydrogen) atoms. The van der Waals surface area contributed by atoms with Gasteiger partial charge in [0.15, 0.2) is 0 Å². The fourth-order valence-corrected chi connectivity index (χ4v) is 1.24. The van der Waals surface area contributed by atoms with Gasteiger partial charge in [0.2, 0.25) is 5.88 Å². The molecule has 1 radical (unpaired) electrons. The molecule has 0 amide bonds. The van der Waals surface area contributed by atoms with E-state index >= 15 is 0 Å². The van der Waals surface area contributed by atoms with Crippen molar-refractivity contribution in [2.75, 3.05) is 7.11 Å². The normalized spacial score (nSPS) is 9.57. The van der Waals surface area contributed by atoms with Gasteiger partial charge < -0.3 is 9.72 Å². The van der Waals surface area contributed by atoms with Gasteiger partial charge in [-0.1, -0.05) is 22.7 Å². The SMILES string of the molecule is COc1ccc2c(Cl)c[c-]nc2n1.[V]. The van der Waals surface area contributed by atoms with Gasteiger partial charge in [0.1, 0.15) is 0 Å². The number of pyridine rings is 2. The summed E-state index contributed by atoms with van der Waals surface area (Å²) in [7, 11) is 1.56. The van der Waals surface area contributed by atoms with Crippen LogP contribution in [0.5, 0.6) is 5.88 Å². The summed E-state index contributed by atoms with van der Waals surface area (Å²) in [6.07, 6.45) is 2.65. The topological polar surface area (TPSA) is 35.0 Å². The van der Waals surface area contributed by atoms with Gasteiger partial charge in [0.05, 0.1) is 12.8 Å². The van der Waals surface area contributed by atoms with Gasteiger partial charge in [-0.25, -0.2) is 0 Å². The maximum Gasteiger partial charge on any atom is 0.202 e. The van der Waals surface area contributed by atoms with E-state index in [1.807, 2.05) is 6.07 Å². The smallest absolute Gasteiger partial charge is 0.202 e. The van der Waals surface area contributed by atoms with E-state index in [4.69, 9.17) is 16.3 Å². The molecule has 0 saturated carbocycles. The molecular weight excluding hydrogens is 239 g/mol. The Balaban J connectivity index is 0.000000980. The van der Waals surface area contributed by atoms with Gasteiger partial charge in [-0.2, -0.15) is 11.6 Å². The average molecular weight is 245 g/mol. The number of ether oxygens (including phenoxy) is 1. The first-order valence-corrected chi connectivity index (χ1v) is 4.06. The predicted octanol–water partition coefficient (Wildman–Crippen LogP) is 2.09. The van der Waals surface area contributed by atoms with Crippen LogP contribution in [0.4, 0.5) is 0 Å². The standard InChI is InChI=1S/C9H6ClN2O.V/c1-13-8-3-2-6-7(10)4-5-11-9(6)12-8;/h2-4H,1H3;/q-1;. The van der Waals surface area contributed by atoms with Gasteiger partial charge in [-0.05, 0) is 6.07 Å². The molecule has 2 heterocycles. The Labute approximate surface area is 98.3 Å². The average Bonchev–Trinajstić information content (AvgIpc) is 2.18. The van der Waals surface area contributed by atoms with Crippen LogP contribution < -0.4 is 4.74 Å². The van der Waals surface area contributed by atoms with Crippen molar-refractivity contribution in [2.24, 2.45) is 0 Å². The summed E-state index contributed by atoms with van der Waals surface area (Å²) in [6, 6.07) is 5.18. The molecule has 2 aromatic heterocycles. The monoisotopic (exact) mass is 244 g/mol. The third-order valence-electron chi connectivity index (χ3n) is 1.68. The quantitative estimate of drug-likeness (QED) is 0.721. The molecule has 0 aliphatic carbocycles. The molecule has 2 rings (SSSR count). The Morgan fingerprint density at radius 3 is 2.93 bits per heavy atom. The maximum absolute atomic E-state index is 5.90. The largest absolute Gasteiger partial charge is 0.482 e. The summed E-state index contributed by atoms with van der Waals surface area (Å²) in [5, 5.41) is 1.40.